The molecule has 1 unspecified atom stereocenters. The smallest absolute Gasteiger partial charge is 0.137 e. The van der Waals surface area contributed by atoms with Crippen LogP contribution < -0.4 is 10.1 Å². The molecule has 5 nitrogen and oxygen atoms in total. The van der Waals surface area contributed by atoms with Crippen molar-refractivity contribution in [1.29, 1.82) is 0 Å². The lowest BCUT2D eigenvalue weighted by atomic mass is 9.87. The fraction of sp³-hybridized carbons (Fsp3) is 0.529. The summed E-state index contributed by atoms with van der Waals surface area (Å²) < 4.78 is 10.6. The van der Waals surface area contributed by atoms with E-state index in [2.05, 4.69) is 5.32 Å². The number of hydrogen-bond acceptors (Lipinski definition) is 5. The normalized spacial score (nSPS) is 12.7. The maximum atomic E-state index is 11.0. The zero-order chi connectivity index (χ0) is 16.4. The van der Waals surface area contributed by atoms with Crippen molar-refractivity contribution in [2.75, 3.05) is 26.9 Å². The summed E-state index contributed by atoms with van der Waals surface area (Å²) in [7, 11) is 1.68. The third-order valence-corrected chi connectivity index (χ3v) is 3.49. The Kier molecular flexibility index (Phi) is 7.77. The molecule has 0 aliphatic rings. The van der Waals surface area contributed by atoms with Gasteiger partial charge in [-0.25, -0.2) is 0 Å². The molecule has 1 aromatic rings. The van der Waals surface area contributed by atoms with Crippen LogP contribution in [0.25, 0.3) is 0 Å². The van der Waals surface area contributed by atoms with Crippen LogP contribution in [-0.4, -0.2) is 45.5 Å². The molecule has 0 saturated carbocycles. The van der Waals surface area contributed by atoms with E-state index in [4.69, 9.17) is 9.47 Å². The Balaban J connectivity index is 2.35. The second-order valence-corrected chi connectivity index (χ2v) is 5.74. The highest BCUT2D eigenvalue weighted by Gasteiger charge is 2.28. The number of benzene rings is 1. The van der Waals surface area contributed by atoms with Gasteiger partial charge in [-0.2, -0.15) is 0 Å². The number of rotatable bonds is 11. The van der Waals surface area contributed by atoms with E-state index < -0.39 is 11.5 Å². The lowest BCUT2D eigenvalue weighted by molar-refractivity contribution is -0.121. The van der Waals surface area contributed by atoms with Crippen molar-refractivity contribution in [3.63, 3.8) is 0 Å². The second-order valence-electron chi connectivity index (χ2n) is 5.74. The molecule has 0 saturated heterocycles. The molecule has 0 bridgehead atoms. The number of carbonyl (C=O) groups is 2. The summed E-state index contributed by atoms with van der Waals surface area (Å²) in [6.07, 6.45) is 2.43. The summed E-state index contributed by atoms with van der Waals surface area (Å²) in [6.45, 7) is 5.07. The van der Waals surface area contributed by atoms with Crippen LogP contribution in [0.4, 0.5) is 0 Å². The number of methoxy groups -OCH3 is 1. The van der Waals surface area contributed by atoms with Gasteiger partial charge in [-0.1, -0.05) is 26.0 Å². The first-order valence-electron chi connectivity index (χ1n) is 7.39. The van der Waals surface area contributed by atoms with Gasteiger partial charge >= 0.3 is 0 Å². The van der Waals surface area contributed by atoms with E-state index in [1.165, 1.54) is 5.56 Å². The van der Waals surface area contributed by atoms with Crippen LogP contribution in [0, 0.1) is 5.41 Å². The van der Waals surface area contributed by atoms with Gasteiger partial charge in [-0.05, 0) is 24.1 Å². The van der Waals surface area contributed by atoms with Gasteiger partial charge in [0.2, 0.25) is 0 Å². The van der Waals surface area contributed by atoms with Crippen molar-refractivity contribution < 1.29 is 19.1 Å². The van der Waals surface area contributed by atoms with Crippen LogP contribution in [0.1, 0.15) is 19.4 Å². The highest BCUT2D eigenvalue weighted by molar-refractivity contribution is 5.71. The lowest BCUT2D eigenvalue weighted by Crippen LogP contribution is -2.45. The lowest BCUT2D eigenvalue weighted by Gasteiger charge is -2.25. The van der Waals surface area contributed by atoms with Crippen molar-refractivity contribution in [3.05, 3.63) is 29.8 Å². The SMILES string of the molecule is COCCc1ccc(OCCNC(C=O)C(C)(C)C=O)cc1. The average molecular weight is 307 g/mol. The standard InChI is InChI=1S/C17H25NO4/c1-17(2,13-20)16(12-19)18-9-11-22-15-6-4-14(5-7-15)8-10-21-3/h4-7,12-13,16,18H,8-11H2,1-3H3. The van der Waals surface area contributed by atoms with E-state index >= 15 is 0 Å². The fourth-order valence-electron chi connectivity index (χ4n) is 1.92. The van der Waals surface area contributed by atoms with Gasteiger partial charge in [0.05, 0.1) is 12.6 Å². The minimum absolute atomic E-state index is 0.427. The molecule has 1 N–H and O–H groups in total. The van der Waals surface area contributed by atoms with Gasteiger partial charge < -0.3 is 24.4 Å². The molecular formula is C17H25NO4. The van der Waals surface area contributed by atoms with Crippen LogP contribution >= 0.6 is 0 Å². The van der Waals surface area contributed by atoms with Crippen molar-refractivity contribution in [2.24, 2.45) is 5.41 Å². The average Bonchev–Trinajstić information content (AvgIpc) is 2.53. The molecule has 122 valence electrons. The maximum absolute atomic E-state index is 11.0. The first kappa shape index (κ1) is 18.3. The predicted molar refractivity (Wildman–Crippen MR) is 85.2 cm³/mol. The molecule has 0 amide bonds. The van der Waals surface area contributed by atoms with Crippen LogP contribution in [0.5, 0.6) is 5.75 Å². The van der Waals surface area contributed by atoms with Crippen molar-refractivity contribution in [1.82, 2.24) is 5.32 Å². The fourth-order valence-corrected chi connectivity index (χ4v) is 1.92. The minimum Gasteiger partial charge on any atom is -0.492 e. The number of ether oxygens (including phenoxy) is 2. The number of carbonyl (C=O) groups excluding carboxylic acids is 2. The van der Waals surface area contributed by atoms with Crippen LogP contribution in [0.15, 0.2) is 24.3 Å². The third kappa shape index (κ3) is 5.95. The maximum Gasteiger partial charge on any atom is 0.137 e. The van der Waals surface area contributed by atoms with Crippen LogP contribution in [0.3, 0.4) is 0 Å². The molecular weight excluding hydrogens is 282 g/mol. The highest BCUT2D eigenvalue weighted by Crippen LogP contribution is 2.16. The Bertz CT molecular complexity index is 456. The van der Waals surface area contributed by atoms with E-state index in [1.807, 2.05) is 24.3 Å². The summed E-state index contributed by atoms with van der Waals surface area (Å²) in [5, 5.41) is 3.03. The Hall–Kier alpha value is -1.72. The molecule has 0 fully saturated rings. The van der Waals surface area contributed by atoms with Crippen molar-refractivity contribution in [3.8, 4) is 5.75 Å². The van der Waals surface area contributed by atoms with Gasteiger partial charge in [-0.15, -0.1) is 0 Å². The molecule has 0 spiro atoms. The highest BCUT2D eigenvalue weighted by atomic mass is 16.5. The first-order chi connectivity index (χ1) is 10.5. The monoisotopic (exact) mass is 307 g/mol. The van der Waals surface area contributed by atoms with Gasteiger partial charge in [-0.3, -0.25) is 0 Å². The molecule has 0 aliphatic heterocycles. The van der Waals surface area contributed by atoms with E-state index in [0.29, 0.717) is 19.8 Å². The third-order valence-electron chi connectivity index (χ3n) is 3.49. The summed E-state index contributed by atoms with van der Waals surface area (Å²) >= 11 is 0. The Morgan fingerprint density at radius 3 is 2.41 bits per heavy atom. The molecule has 0 radical (unpaired) electrons. The summed E-state index contributed by atoms with van der Waals surface area (Å²) in [5.74, 6) is 0.778. The molecule has 0 aromatic heterocycles. The van der Waals surface area contributed by atoms with Gasteiger partial charge in [0.15, 0.2) is 0 Å². The minimum atomic E-state index is -0.718. The zero-order valence-corrected chi connectivity index (χ0v) is 13.5. The van der Waals surface area contributed by atoms with Crippen molar-refractivity contribution >= 4 is 12.6 Å². The van der Waals surface area contributed by atoms with E-state index in [1.54, 1.807) is 21.0 Å². The van der Waals surface area contributed by atoms with Gasteiger partial charge in [0.25, 0.3) is 0 Å². The van der Waals surface area contributed by atoms with Gasteiger partial charge in [0.1, 0.15) is 24.9 Å². The summed E-state index contributed by atoms with van der Waals surface area (Å²) in [4.78, 5) is 22.0. The predicted octanol–water partition coefficient (Wildman–Crippen LogP) is 1.64. The topological polar surface area (TPSA) is 64.6 Å². The van der Waals surface area contributed by atoms with Crippen LogP contribution in [-0.2, 0) is 20.7 Å². The molecule has 5 heteroatoms. The molecule has 1 atom stereocenters. The Morgan fingerprint density at radius 1 is 1.18 bits per heavy atom. The second kappa shape index (κ2) is 9.33. The number of nitrogens with one attached hydrogen (secondary N) is 1. The van der Waals surface area contributed by atoms with E-state index in [0.717, 1.165) is 24.7 Å². The molecule has 1 rings (SSSR count). The molecule has 22 heavy (non-hydrogen) atoms. The van der Waals surface area contributed by atoms with Crippen LogP contribution in [0.2, 0.25) is 0 Å². The number of hydrogen-bond donors (Lipinski definition) is 1. The quantitative estimate of drug-likeness (QED) is 0.497. The summed E-state index contributed by atoms with van der Waals surface area (Å²) in [5.41, 5.74) is 0.478. The molecule has 0 heterocycles. The number of aldehydes is 2. The van der Waals surface area contributed by atoms with Gasteiger partial charge in [0, 0.05) is 19.1 Å². The Labute approximate surface area is 132 Å². The summed E-state index contributed by atoms with van der Waals surface area (Å²) in [6, 6.07) is 7.33. The molecule has 0 aliphatic carbocycles. The zero-order valence-electron chi connectivity index (χ0n) is 13.5. The molecule has 1 aromatic carbocycles. The van der Waals surface area contributed by atoms with Crippen molar-refractivity contribution in [2.45, 2.75) is 26.3 Å². The Morgan fingerprint density at radius 2 is 1.86 bits per heavy atom. The first-order valence-corrected chi connectivity index (χ1v) is 7.39. The van der Waals surface area contributed by atoms with E-state index in [9.17, 15) is 9.59 Å². The largest absolute Gasteiger partial charge is 0.492 e. The van der Waals surface area contributed by atoms with E-state index in [-0.39, 0.29) is 0 Å².